The number of hydrogen-bond donors (Lipinski definition) is 0. The first-order valence-electron chi connectivity index (χ1n) is 5.63. The lowest BCUT2D eigenvalue weighted by Gasteiger charge is -2.00. The molecule has 0 saturated heterocycles. The largest absolute Gasteiger partial charge is 0.380 e. The second kappa shape index (κ2) is 13.9. The van der Waals surface area contributed by atoms with Crippen LogP contribution in [0.4, 0.5) is 0 Å². The molecule has 0 aromatic carbocycles. The molecule has 0 N–H and O–H groups in total. The van der Waals surface area contributed by atoms with Gasteiger partial charge >= 0.3 is 0 Å². The number of hydrogen-bond acceptors (Lipinski definition) is 6. The topological polar surface area (TPSA) is 18.5 Å². The molecule has 0 atom stereocenters. The van der Waals surface area contributed by atoms with Gasteiger partial charge in [0.2, 0.25) is 0 Å². The van der Waals surface area contributed by atoms with Gasteiger partial charge in [-0.2, -0.15) is 0 Å². The Kier molecular flexibility index (Phi) is 12.7. The van der Waals surface area contributed by atoms with Crippen LogP contribution in [0.25, 0.3) is 0 Å². The lowest BCUT2D eigenvalue weighted by atomic mass is 10.8. The van der Waals surface area contributed by atoms with Crippen molar-refractivity contribution in [1.82, 2.24) is 0 Å². The Balaban J connectivity index is 2.16. The predicted molar refractivity (Wildman–Crippen MR) is 87.0 cm³/mol. The van der Waals surface area contributed by atoms with Crippen molar-refractivity contribution in [3.05, 3.63) is 0 Å². The van der Waals surface area contributed by atoms with E-state index in [0.29, 0.717) is 0 Å². The van der Waals surface area contributed by atoms with E-state index in [9.17, 15) is 0 Å². The Hall–Kier alpha value is 0.440. The van der Waals surface area contributed by atoms with Crippen LogP contribution in [0, 0.1) is 21.0 Å². The highest BCUT2D eigenvalue weighted by Gasteiger charge is 1.91. The SMILES string of the molecule is C1#CSCCOCCSC#CSCCOCCS1. The van der Waals surface area contributed by atoms with Crippen LogP contribution in [0.3, 0.4) is 0 Å². The fourth-order valence-electron chi connectivity index (χ4n) is 0.928. The van der Waals surface area contributed by atoms with Crippen LogP contribution in [0.15, 0.2) is 0 Å². The smallest absolute Gasteiger partial charge is 0.0566 e. The summed E-state index contributed by atoms with van der Waals surface area (Å²) in [7, 11) is 0. The van der Waals surface area contributed by atoms with E-state index in [1.54, 1.807) is 47.0 Å². The van der Waals surface area contributed by atoms with Crippen molar-refractivity contribution in [1.29, 1.82) is 0 Å². The van der Waals surface area contributed by atoms with Gasteiger partial charge in [0.05, 0.1) is 26.4 Å². The molecule has 0 fully saturated rings. The van der Waals surface area contributed by atoms with Gasteiger partial charge in [0.25, 0.3) is 0 Å². The molecule has 0 saturated carbocycles. The molecule has 100 valence electrons. The molecule has 18 heavy (non-hydrogen) atoms. The number of thioether (sulfide) groups is 4. The molecule has 1 rings (SSSR count). The zero-order valence-electron chi connectivity index (χ0n) is 10.1. The molecule has 0 aliphatic carbocycles. The van der Waals surface area contributed by atoms with Crippen molar-refractivity contribution in [2.45, 2.75) is 0 Å². The molecule has 0 radical (unpaired) electrons. The van der Waals surface area contributed by atoms with Gasteiger partial charge in [0.15, 0.2) is 0 Å². The van der Waals surface area contributed by atoms with Gasteiger partial charge in [-0.3, -0.25) is 0 Å². The molecule has 0 unspecified atom stereocenters. The fourth-order valence-corrected chi connectivity index (χ4v) is 3.08. The highest BCUT2D eigenvalue weighted by atomic mass is 32.2. The van der Waals surface area contributed by atoms with E-state index in [1.165, 1.54) is 0 Å². The van der Waals surface area contributed by atoms with Crippen molar-refractivity contribution < 1.29 is 9.47 Å². The van der Waals surface area contributed by atoms with E-state index in [2.05, 4.69) is 21.0 Å². The summed E-state index contributed by atoms with van der Waals surface area (Å²) in [4.78, 5) is 0. The van der Waals surface area contributed by atoms with Gasteiger partial charge in [-0.05, 0) is 21.0 Å². The average molecular weight is 321 g/mol. The first-order valence-corrected chi connectivity index (χ1v) is 9.57. The minimum atomic E-state index is 0.760. The standard InChI is InChI=1S/C12H16O2S4/c1-5-15-9-10-17-7-3-14-4-8-18-12-11-16-6-2-13-1/h1-8H2. The minimum Gasteiger partial charge on any atom is -0.380 e. The van der Waals surface area contributed by atoms with E-state index in [1.807, 2.05) is 0 Å². The van der Waals surface area contributed by atoms with Crippen molar-refractivity contribution in [2.75, 3.05) is 49.4 Å². The normalized spacial score (nSPS) is 20.4. The summed E-state index contributed by atoms with van der Waals surface area (Å²) in [5.74, 6) is 3.71. The molecule has 0 aromatic rings. The Labute approximate surface area is 126 Å². The quantitative estimate of drug-likeness (QED) is 0.634. The minimum absolute atomic E-state index is 0.760. The van der Waals surface area contributed by atoms with Crippen molar-refractivity contribution >= 4 is 47.0 Å². The Morgan fingerprint density at radius 3 is 1.06 bits per heavy atom. The fraction of sp³-hybridized carbons (Fsp3) is 0.667. The highest BCUT2D eigenvalue weighted by molar-refractivity contribution is 8.07. The lowest BCUT2D eigenvalue weighted by Crippen LogP contribution is -2.01. The molecule has 0 spiro atoms. The third-order valence-corrected chi connectivity index (χ3v) is 4.42. The summed E-state index contributed by atoms with van der Waals surface area (Å²) < 4.78 is 10.9. The van der Waals surface area contributed by atoms with E-state index < -0.39 is 0 Å². The van der Waals surface area contributed by atoms with Gasteiger partial charge in [0, 0.05) is 23.0 Å². The summed E-state index contributed by atoms with van der Waals surface area (Å²) in [5.41, 5.74) is 0. The second-order valence-corrected chi connectivity index (χ2v) is 6.63. The maximum absolute atomic E-state index is 5.47. The van der Waals surface area contributed by atoms with Crippen LogP contribution >= 0.6 is 47.0 Å². The second-order valence-electron chi connectivity index (χ2n) is 3.03. The third-order valence-electron chi connectivity index (χ3n) is 1.69. The highest BCUT2D eigenvalue weighted by Crippen LogP contribution is 2.04. The molecule has 1 aliphatic heterocycles. The summed E-state index contributed by atoms with van der Waals surface area (Å²) in [6, 6.07) is 0. The van der Waals surface area contributed by atoms with Crippen LogP contribution in [-0.2, 0) is 9.47 Å². The maximum Gasteiger partial charge on any atom is 0.0566 e. The summed E-state index contributed by atoms with van der Waals surface area (Å²) in [6.07, 6.45) is 0. The Morgan fingerprint density at radius 1 is 0.500 bits per heavy atom. The van der Waals surface area contributed by atoms with Crippen molar-refractivity contribution in [3.8, 4) is 21.0 Å². The molecule has 0 bridgehead atoms. The van der Waals surface area contributed by atoms with Crippen LogP contribution in [-0.4, -0.2) is 49.4 Å². The zero-order chi connectivity index (χ0) is 12.7. The molecular weight excluding hydrogens is 304 g/mol. The van der Waals surface area contributed by atoms with Gasteiger partial charge in [-0.1, -0.05) is 47.0 Å². The van der Waals surface area contributed by atoms with Gasteiger partial charge in [0.1, 0.15) is 0 Å². The predicted octanol–water partition coefficient (Wildman–Crippen LogP) is 2.80. The molecule has 0 amide bonds. The van der Waals surface area contributed by atoms with E-state index in [0.717, 1.165) is 49.4 Å². The third kappa shape index (κ3) is 11.5. The molecule has 1 heterocycles. The Bertz CT molecular complexity index is 258. The van der Waals surface area contributed by atoms with Gasteiger partial charge < -0.3 is 9.47 Å². The number of rotatable bonds is 0. The Morgan fingerprint density at radius 2 is 0.778 bits per heavy atom. The van der Waals surface area contributed by atoms with Crippen LogP contribution in [0.1, 0.15) is 0 Å². The molecule has 0 aromatic heterocycles. The molecule has 1 aliphatic rings. The average Bonchev–Trinajstić information content (AvgIpc) is 2.39. The summed E-state index contributed by atoms with van der Waals surface area (Å²) in [6.45, 7) is 3.04. The van der Waals surface area contributed by atoms with Crippen LogP contribution < -0.4 is 0 Å². The first-order chi connectivity index (χ1) is 9.00. The molecule has 6 heteroatoms. The molecular formula is C12H16O2S4. The summed E-state index contributed by atoms with van der Waals surface area (Å²) >= 11 is 6.44. The molecule has 2 nitrogen and oxygen atoms in total. The monoisotopic (exact) mass is 320 g/mol. The van der Waals surface area contributed by atoms with Crippen molar-refractivity contribution in [3.63, 3.8) is 0 Å². The zero-order valence-corrected chi connectivity index (χ0v) is 13.4. The van der Waals surface area contributed by atoms with Crippen molar-refractivity contribution in [2.24, 2.45) is 0 Å². The lowest BCUT2D eigenvalue weighted by molar-refractivity contribution is 0.167. The summed E-state index contributed by atoms with van der Waals surface area (Å²) in [5, 5.41) is 12.2. The first kappa shape index (κ1) is 16.5. The van der Waals surface area contributed by atoms with Gasteiger partial charge in [-0.25, -0.2) is 0 Å². The number of ether oxygens (including phenoxy) is 2. The maximum atomic E-state index is 5.47. The van der Waals surface area contributed by atoms with Crippen LogP contribution in [0.2, 0.25) is 0 Å². The van der Waals surface area contributed by atoms with E-state index in [4.69, 9.17) is 9.47 Å². The van der Waals surface area contributed by atoms with E-state index in [-0.39, 0.29) is 0 Å². The van der Waals surface area contributed by atoms with Gasteiger partial charge in [-0.15, -0.1) is 0 Å². The van der Waals surface area contributed by atoms with Crippen LogP contribution in [0.5, 0.6) is 0 Å². The van der Waals surface area contributed by atoms with E-state index >= 15 is 0 Å².